The summed E-state index contributed by atoms with van der Waals surface area (Å²) >= 11 is 0. The van der Waals surface area contributed by atoms with E-state index in [0.717, 1.165) is 5.56 Å². The Morgan fingerprint density at radius 2 is 1.90 bits per heavy atom. The molecule has 1 fully saturated rings. The summed E-state index contributed by atoms with van der Waals surface area (Å²) in [5, 5.41) is 14.0. The van der Waals surface area contributed by atoms with Crippen LogP contribution in [0.1, 0.15) is 18.7 Å². The largest absolute Gasteiger partial charge is 0.419 e. The van der Waals surface area contributed by atoms with Crippen molar-refractivity contribution < 1.29 is 4.42 Å². The molecule has 0 aliphatic heterocycles. The van der Waals surface area contributed by atoms with E-state index in [4.69, 9.17) is 4.42 Å². The van der Waals surface area contributed by atoms with E-state index < -0.39 is 0 Å². The van der Waals surface area contributed by atoms with Crippen molar-refractivity contribution in [3.8, 4) is 11.5 Å². The van der Waals surface area contributed by atoms with Crippen molar-refractivity contribution in [1.29, 1.82) is 0 Å². The third-order valence-electron chi connectivity index (χ3n) is 3.58. The Hall–Kier alpha value is -2.20. The SMILES string of the molecule is c1ccc2cc(-c3nnc(CNC4CC4)o3)ccc2c1. The van der Waals surface area contributed by atoms with Crippen molar-refractivity contribution in [3.63, 3.8) is 0 Å². The predicted octanol–water partition coefficient (Wildman–Crippen LogP) is 3.14. The van der Waals surface area contributed by atoms with Gasteiger partial charge in [0.25, 0.3) is 0 Å². The number of benzene rings is 2. The molecule has 1 aliphatic rings. The minimum absolute atomic E-state index is 0.586. The molecule has 4 nitrogen and oxygen atoms in total. The van der Waals surface area contributed by atoms with Gasteiger partial charge in [-0.1, -0.05) is 30.3 Å². The minimum atomic E-state index is 0.586. The molecular formula is C16H15N3O. The molecule has 1 N–H and O–H groups in total. The summed E-state index contributed by atoms with van der Waals surface area (Å²) in [6.45, 7) is 0.658. The lowest BCUT2D eigenvalue weighted by molar-refractivity contribution is 0.476. The summed E-state index contributed by atoms with van der Waals surface area (Å²) in [5.41, 5.74) is 0.967. The van der Waals surface area contributed by atoms with Gasteiger partial charge in [-0.05, 0) is 35.7 Å². The molecule has 1 aliphatic carbocycles. The summed E-state index contributed by atoms with van der Waals surface area (Å²) in [6.07, 6.45) is 2.51. The maximum absolute atomic E-state index is 5.71. The highest BCUT2D eigenvalue weighted by atomic mass is 16.4. The Kier molecular flexibility index (Phi) is 2.74. The van der Waals surface area contributed by atoms with Crippen LogP contribution in [0.4, 0.5) is 0 Å². The maximum atomic E-state index is 5.71. The van der Waals surface area contributed by atoms with Crippen LogP contribution >= 0.6 is 0 Å². The standard InChI is InChI=1S/C16H15N3O/c1-2-4-12-9-13(6-5-11(12)3-1)16-19-18-15(20-16)10-17-14-7-8-14/h1-6,9,14,17H,7-8,10H2. The van der Waals surface area contributed by atoms with Crippen LogP contribution in [-0.4, -0.2) is 16.2 Å². The van der Waals surface area contributed by atoms with E-state index >= 15 is 0 Å². The van der Waals surface area contributed by atoms with E-state index in [1.54, 1.807) is 0 Å². The van der Waals surface area contributed by atoms with Crippen molar-refractivity contribution in [1.82, 2.24) is 15.5 Å². The van der Waals surface area contributed by atoms with Crippen molar-refractivity contribution in [2.75, 3.05) is 0 Å². The number of fused-ring (bicyclic) bond motifs is 1. The summed E-state index contributed by atoms with van der Waals surface area (Å²) in [5.74, 6) is 1.24. The lowest BCUT2D eigenvalue weighted by atomic mass is 10.1. The van der Waals surface area contributed by atoms with E-state index in [1.807, 2.05) is 18.2 Å². The molecule has 0 unspecified atom stereocenters. The maximum Gasteiger partial charge on any atom is 0.247 e. The van der Waals surface area contributed by atoms with Gasteiger partial charge in [-0.15, -0.1) is 10.2 Å². The second-order valence-corrected chi connectivity index (χ2v) is 5.22. The molecule has 0 saturated heterocycles. The molecule has 0 spiro atoms. The fraction of sp³-hybridized carbons (Fsp3) is 0.250. The topological polar surface area (TPSA) is 51.0 Å². The number of hydrogen-bond acceptors (Lipinski definition) is 4. The van der Waals surface area contributed by atoms with E-state index in [2.05, 4.69) is 39.8 Å². The normalized spacial score (nSPS) is 14.8. The quantitative estimate of drug-likeness (QED) is 0.787. The first-order chi connectivity index (χ1) is 9.88. The van der Waals surface area contributed by atoms with Crippen molar-refractivity contribution in [2.45, 2.75) is 25.4 Å². The van der Waals surface area contributed by atoms with Gasteiger partial charge in [0.2, 0.25) is 11.8 Å². The molecule has 4 heteroatoms. The van der Waals surface area contributed by atoms with Gasteiger partial charge in [-0.25, -0.2) is 0 Å². The molecule has 2 aromatic carbocycles. The zero-order valence-electron chi connectivity index (χ0n) is 11.0. The monoisotopic (exact) mass is 265 g/mol. The van der Waals surface area contributed by atoms with E-state index in [1.165, 1.54) is 23.6 Å². The van der Waals surface area contributed by atoms with Gasteiger partial charge in [0.05, 0.1) is 6.54 Å². The molecule has 20 heavy (non-hydrogen) atoms. The molecule has 100 valence electrons. The van der Waals surface area contributed by atoms with Gasteiger partial charge in [0.15, 0.2) is 0 Å². The number of nitrogens with zero attached hydrogens (tertiary/aromatic N) is 2. The van der Waals surface area contributed by atoms with Gasteiger partial charge in [0.1, 0.15) is 0 Å². The lowest BCUT2D eigenvalue weighted by Crippen LogP contribution is -2.15. The van der Waals surface area contributed by atoms with Crippen LogP contribution in [0, 0.1) is 0 Å². The first kappa shape index (κ1) is 11.6. The second-order valence-electron chi connectivity index (χ2n) is 5.22. The number of rotatable bonds is 4. The van der Waals surface area contributed by atoms with Gasteiger partial charge in [0, 0.05) is 11.6 Å². The zero-order chi connectivity index (χ0) is 13.4. The molecular weight excluding hydrogens is 250 g/mol. The van der Waals surface area contributed by atoms with Gasteiger partial charge >= 0.3 is 0 Å². The van der Waals surface area contributed by atoms with E-state index in [-0.39, 0.29) is 0 Å². The Labute approximate surface area is 116 Å². The lowest BCUT2D eigenvalue weighted by Gasteiger charge is -1.99. The Morgan fingerprint density at radius 1 is 1.05 bits per heavy atom. The van der Waals surface area contributed by atoms with Crippen LogP contribution in [0.2, 0.25) is 0 Å². The van der Waals surface area contributed by atoms with Crippen LogP contribution in [0.3, 0.4) is 0 Å². The molecule has 0 bridgehead atoms. The summed E-state index contributed by atoms with van der Waals surface area (Å²) in [4.78, 5) is 0. The molecule has 1 heterocycles. The third kappa shape index (κ3) is 2.30. The first-order valence-electron chi connectivity index (χ1n) is 6.93. The van der Waals surface area contributed by atoms with Crippen LogP contribution in [0.5, 0.6) is 0 Å². The highest BCUT2D eigenvalue weighted by Gasteiger charge is 2.21. The predicted molar refractivity (Wildman–Crippen MR) is 77.1 cm³/mol. The zero-order valence-corrected chi connectivity index (χ0v) is 11.0. The number of nitrogens with one attached hydrogen (secondary N) is 1. The van der Waals surface area contributed by atoms with Crippen molar-refractivity contribution in [2.24, 2.45) is 0 Å². The van der Waals surface area contributed by atoms with Gasteiger partial charge < -0.3 is 9.73 Å². The van der Waals surface area contributed by atoms with E-state index in [0.29, 0.717) is 24.4 Å². The van der Waals surface area contributed by atoms with Crippen LogP contribution in [0.15, 0.2) is 46.9 Å². The van der Waals surface area contributed by atoms with Crippen LogP contribution in [-0.2, 0) is 6.54 Å². The molecule has 0 radical (unpaired) electrons. The molecule has 0 atom stereocenters. The smallest absolute Gasteiger partial charge is 0.247 e. The van der Waals surface area contributed by atoms with Crippen molar-refractivity contribution >= 4 is 10.8 Å². The Morgan fingerprint density at radius 3 is 2.75 bits per heavy atom. The highest BCUT2D eigenvalue weighted by Crippen LogP contribution is 2.24. The molecule has 4 rings (SSSR count). The minimum Gasteiger partial charge on any atom is -0.419 e. The fourth-order valence-electron chi connectivity index (χ4n) is 2.28. The highest BCUT2D eigenvalue weighted by molar-refractivity contribution is 5.86. The van der Waals surface area contributed by atoms with Crippen LogP contribution < -0.4 is 5.32 Å². The average molecular weight is 265 g/mol. The fourth-order valence-corrected chi connectivity index (χ4v) is 2.28. The molecule has 0 amide bonds. The number of aromatic nitrogens is 2. The molecule has 3 aromatic rings. The summed E-state index contributed by atoms with van der Waals surface area (Å²) in [7, 11) is 0. The average Bonchev–Trinajstić information content (AvgIpc) is 3.21. The van der Waals surface area contributed by atoms with Gasteiger partial charge in [-0.2, -0.15) is 0 Å². The van der Waals surface area contributed by atoms with Crippen molar-refractivity contribution in [3.05, 3.63) is 48.4 Å². The Bertz CT molecular complexity index is 746. The number of hydrogen-bond donors (Lipinski definition) is 1. The van der Waals surface area contributed by atoms with Crippen LogP contribution in [0.25, 0.3) is 22.2 Å². The summed E-state index contributed by atoms with van der Waals surface area (Å²) in [6, 6.07) is 15.1. The summed E-state index contributed by atoms with van der Waals surface area (Å²) < 4.78 is 5.71. The second kappa shape index (κ2) is 4.72. The Balaban J connectivity index is 1.60. The molecule has 1 aromatic heterocycles. The van der Waals surface area contributed by atoms with E-state index in [9.17, 15) is 0 Å². The molecule has 1 saturated carbocycles. The first-order valence-corrected chi connectivity index (χ1v) is 6.93. The van der Waals surface area contributed by atoms with Gasteiger partial charge in [-0.3, -0.25) is 0 Å². The third-order valence-corrected chi connectivity index (χ3v) is 3.58.